The summed E-state index contributed by atoms with van der Waals surface area (Å²) in [6.45, 7) is 2.14. The number of fused-ring (bicyclic) bond motifs is 1. The highest BCUT2D eigenvalue weighted by Crippen LogP contribution is 2.37. The number of rotatable bonds is 9. The Bertz CT molecular complexity index is 1640. The van der Waals surface area contributed by atoms with Gasteiger partial charge in [-0.1, -0.05) is 0 Å². The SMILES string of the molecule is CCOc1cn(-c2cccnc2)nc1C(=O)Nc1ccc(Oc2ccnc3cc(OC)c(OC)cc23)c(F)c1. The summed E-state index contributed by atoms with van der Waals surface area (Å²) in [4.78, 5) is 21.4. The molecular weight excluding hydrogens is 505 g/mol. The van der Waals surface area contributed by atoms with Gasteiger partial charge in [-0.05, 0) is 43.3 Å². The monoisotopic (exact) mass is 529 g/mol. The van der Waals surface area contributed by atoms with Crippen LogP contribution in [0.25, 0.3) is 16.6 Å². The van der Waals surface area contributed by atoms with Crippen LogP contribution >= 0.6 is 0 Å². The first kappa shape index (κ1) is 25.5. The summed E-state index contributed by atoms with van der Waals surface area (Å²) < 4.78 is 38.8. The maximum Gasteiger partial charge on any atom is 0.280 e. The lowest BCUT2D eigenvalue weighted by Gasteiger charge is -2.13. The molecule has 2 aromatic carbocycles. The van der Waals surface area contributed by atoms with Crippen LogP contribution in [0.3, 0.4) is 0 Å². The Hall–Kier alpha value is -5.19. The lowest BCUT2D eigenvalue weighted by molar-refractivity contribution is 0.101. The fraction of sp³-hybridized carbons (Fsp3) is 0.143. The lowest BCUT2D eigenvalue weighted by atomic mass is 10.2. The molecule has 0 atom stereocenters. The highest BCUT2D eigenvalue weighted by atomic mass is 19.1. The molecule has 0 saturated heterocycles. The number of benzene rings is 2. The average molecular weight is 530 g/mol. The predicted octanol–water partition coefficient (Wildman–Crippen LogP) is 5.42. The lowest BCUT2D eigenvalue weighted by Crippen LogP contribution is -2.14. The van der Waals surface area contributed by atoms with E-state index in [1.165, 1.54) is 37.1 Å². The molecule has 0 aliphatic heterocycles. The second-order valence-electron chi connectivity index (χ2n) is 8.17. The van der Waals surface area contributed by atoms with Gasteiger partial charge in [0.05, 0.1) is 44.4 Å². The second kappa shape index (κ2) is 11.1. The first-order valence-electron chi connectivity index (χ1n) is 11.9. The molecule has 5 rings (SSSR count). The first-order chi connectivity index (χ1) is 19.0. The number of carbonyl (C=O) groups excluding carboxylic acids is 1. The smallest absolute Gasteiger partial charge is 0.280 e. The van der Waals surface area contributed by atoms with Gasteiger partial charge in [-0.3, -0.25) is 14.8 Å². The third-order valence-electron chi connectivity index (χ3n) is 5.72. The van der Waals surface area contributed by atoms with Crippen molar-refractivity contribution in [3.63, 3.8) is 0 Å². The maximum atomic E-state index is 15.1. The molecule has 3 heterocycles. The molecule has 1 N–H and O–H groups in total. The maximum absolute atomic E-state index is 15.1. The Morgan fingerprint density at radius 1 is 0.974 bits per heavy atom. The molecule has 0 spiro atoms. The fourth-order valence-electron chi connectivity index (χ4n) is 3.90. The van der Waals surface area contributed by atoms with E-state index in [1.54, 1.807) is 62.0 Å². The molecule has 0 unspecified atom stereocenters. The molecule has 0 radical (unpaired) electrons. The topological polar surface area (TPSA) is 110 Å². The number of pyridine rings is 2. The van der Waals surface area contributed by atoms with Crippen molar-refractivity contribution in [3.8, 4) is 34.4 Å². The molecule has 10 nitrogen and oxygen atoms in total. The van der Waals surface area contributed by atoms with Crippen LogP contribution in [0, 0.1) is 5.82 Å². The van der Waals surface area contributed by atoms with Crippen molar-refractivity contribution in [1.29, 1.82) is 0 Å². The zero-order valence-corrected chi connectivity index (χ0v) is 21.3. The number of nitrogens with zero attached hydrogens (tertiary/aromatic N) is 4. The summed E-state index contributed by atoms with van der Waals surface area (Å²) in [7, 11) is 3.05. The van der Waals surface area contributed by atoms with Crippen molar-refractivity contribution in [3.05, 3.63) is 84.8 Å². The average Bonchev–Trinajstić information content (AvgIpc) is 3.38. The van der Waals surface area contributed by atoms with Gasteiger partial charge >= 0.3 is 0 Å². The number of amides is 1. The summed E-state index contributed by atoms with van der Waals surface area (Å²) in [5.41, 5.74) is 1.51. The molecule has 11 heteroatoms. The zero-order valence-electron chi connectivity index (χ0n) is 21.3. The first-order valence-corrected chi connectivity index (χ1v) is 11.9. The van der Waals surface area contributed by atoms with E-state index >= 15 is 4.39 Å². The van der Waals surface area contributed by atoms with Gasteiger partial charge in [0.25, 0.3) is 5.91 Å². The van der Waals surface area contributed by atoms with Crippen LogP contribution in [-0.4, -0.2) is 46.5 Å². The van der Waals surface area contributed by atoms with Gasteiger partial charge in [-0.2, -0.15) is 5.10 Å². The third-order valence-corrected chi connectivity index (χ3v) is 5.72. The molecular formula is C28H24FN5O5. The van der Waals surface area contributed by atoms with E-state index in [2.05, 4.69) is 20.4 Å². The van der Waals surface area contributed by atoms with Crippen molar-refractivity contribution in [2.24, 2.45) is 0 Å². The van der Waals surface area contributed by atoms with Gasteiger partial charge in [0.1, 0.15) is 5.75 Å². The summed E-state index contributed by atoms with van der Waals surface area (Å²) in [5, 5.41) is 7.62. The molecule has 0 bridgehead atoms. The number of carbonyl (C=O) groups is 1. The van der Waals surface area contributed by atoms with Crippen LogP contribution in [0.15, 0.2) is 73.3 Å². The van der Waals surface area contributed by atoms with E-state index in [-0.39, 0.29) is 22.9 Å². The standard InChI is InChI=1S/C28H24FN5O5/c1-4-38-26-16-34(18-6-5-10-30-15-18)33-27(26)28(35)32-17-7-8-23(20(29)12-17)39-22-9-11-31-21-14-25(37-3)24(36-2)13-19(21)22/h5-16H,4H2,1-3H3,(H,32,35). The highest BCUT2D eigenvalue weighted by molar-refractivity contribution is 6.04. The molecule has 5 aromatic rings. The predicted molar refractivity (Wildman–Crippen MR) is 142 cm³/mol. The van der Waals surface area contributed by atoms with E-state index in [0.29, 0.717) is 40.4 Å². The molecule has 0 fully saturated rings. The van der Waals surface area contributed by atoms with Gasteiger partial charge in [-0.15, -0.1) is 0 Å². The van der Waals surface area contributed by atoms with Crippen LogP contribution in [0.1, 0.15) is 17.4 Å². The number of nitrogens with one attached hydrogen (secondary N) is 1. The molecule has 39 heavy (non-hydrogen) atoms. The minimum Gasteiger partial charge on any atom is -0.493 e. The summed E-state index contributed by atoms with van der Waals surface area (Å²) in [5.74, 6) is 0.387. The van der Waals surface area contributed by atoms with Crippen LogP contribution < -0.4 is 24.3 Å². The largest absolute Gasteiger partial charge is 0.493 e. The number of hydrogen-bond acceptors (Lipinski definition) is 8. The molecule has 0 saturated carbocycles. The Morgan fingerprint density at radius 3 is 2.51 bits per heavy atom. The molecule has 0 aliphatic carbocycles. The normalized spacial score (nSPS) is 10.8. The quantitative estimate of drug-likeness (QED) is 0.270. The summed E-state index contributed by atoms with van der Waals surface area (Å²) in [6.07, 6.45) is 6.39. The van der Waals surface area contributed by atoms with Gasteiger partial charge in [0, 0.05) is 35.6 Å². The number of hydrogen-bond donors (Lipinski definition) is 1. The van der Waals surface area contributed by atoms with E-state index in [1.807, 2.05) is 0 Å². The molecule has 0 aliphatic rings. The number of halogens is 1. The third kappa shape index (κ3) is 5.28. The molecule has 198 valence electrons. The number of aromatic nitrogens is 4. The Balaban J connectivity index is 1.38. The van der Waals surface area contributed by atoms with Crippen molar-refractivity contribution in [2.45, 2.75) is 6.92 Å². The Kier molecular flexibility index (Phi) is 7.21. The zero-order chi connectivity index (χ0) is 27.4. The van der Waals surface area contributed by atoms with E-state index in [0.717, 1.165) is 0 Å². The van der Waals surface area contributed by atoms with Crippen molar-refractivity contribution in [1.82, 2.24) is 19.7 Å². The van der Waals surface area contributed by atoms with Crippen LogP contribution in [-0.2, 0) is 0 Å². The van der Waals surface area contributed by atoms with Crippen molar-refractivity contribution in [2.75, 3.05) is 26.1 Å². The summed E-state index contributed by atoms with van der Waals surface area (Å²) >= 11 is 0. The number of anilines is 1. The van der Waals surface area contributed by atoms with E-state index in [4.69, 9.17) is 18.9 Å². The van der Waals surface area contributed by atoms with Gasteiger partial charge < -0.3 is 24.3 Å². The molecule has 1 amide bonds. The number of ether oxygens (including phenoxy) is 4. The van der Waals surface area contributed by atoms with E-state index in [9.17, 15) is 4.79 Å². The van der Waals surface area contributed by atoms with Gasteiger partial charge in [0.15, 0.2) is 34.5 Å². The fourth-order valence-corrected chi connectivity index (χ4v) is 3.90. The van der Waals surface area contributed by atoms with Gasteiger partial charge in [0.2, 0.25) is 0 Å². The van der Waals surface area contributed by atoms with Crippen LogP contribution in [0.2, 0.25) is 0 Å². The van der Waals surface area contributed by atoms with Gasteiger partial charge in [-0.25, -0.2) is 9.07 Å². The minimum atomic E-state index is -0.677. The van der Waals surface area contributed by atoms with Crippen molar-refractivity contribution >= 4 is 22.5 Å². The Labute approximate surface area is 222 Å². The minimum absolute atomic E-state index is 0.0360. The number of methoxy groups -OCH3 is 2. The van der Waals surface area contributed by atoms with Crippen LogP contribution in [0.4, 0.5) is 10.1 Å². The van der Waals surface area contributed by atoms with E-state index < -0.39 is 11.7 Å². The highest BCUT2D eigenvalue weighted by Gasteiger charge is 2.20. The Morgan fingerprint density at radius 2 is 1.79 bits per heavy atom. The summed E-state index contributed by atoms with van der Waals surface area (Å²) in [6, 6.07) is 12.7. The van der Waals surface area contributed by atoms with Crippen molar-refractivity contribution < 1.29 is 28.1 Å². The van der Waals surface area contributed by atoms with Crippen LogP contribution in [0.5, 0.6) is 28.7 Å². The molecule has 3 aromatic heterocycles. The second-order valence-corrected chi connectivity index (χ2v) is 8.17.